The molecule has 0 aliphatic heterocycles. The molecule has 6 nitrogen and oxygen atoms in total. The van der Waals surface area contributed by atoms with Crippen LogP contribution in [0.1, 0.15) is 25.0 Å². The number of methoxy groups -OCH3 is 2. The molecule has 0 bridgehead atoms. The van der Waals surface area contributed by atoms with Gasteiger partial charge in [0.25, 0.3) is 0 Å². The lowest BCUT2D eigenvalue weighted by Crippen LogP contribution is -2.37. The summed E-state index contributed by atoms with van der Waals surface area (Å²) in [5, 5.41) is 2.81. The average molecular weight is 370 g/mol. The Balaban J connectivity index is 2.23. The van der Waals surface area contributed by atoms with Crippen molar-refractivity contribution in [2.75, 3.05) is 31.0 Å². The number of hydrogen-bond donors (Lipinski definition) is 1. The third-order valence-electron chi connectivity index (χ3n) is 4.32. The maximum Gasteiger partial charge on any atom is 0.244 e. The Bertz CT molecular complexity index is 833. The summed E-state index contributed by atoms with van der Waals surface area (Å²) in [5.41, 5.74) is 3.36. The number of nitrogens with zero attached hydrogens (tertiary/aromatic N) is 1. The third kappa shape index (κ3) is 4.78. The number of carbonyl (C=O) groups excluding carboxylic acids is 2. The second-order valence-electron chi connectivity index (χ2n) is 6.16. The number of para-hydroxylation sites is 1. The molecule has 2 aromatic carbocycles. The highest BCUT2D eigenvalue weighted by molar-refractivity contribution is 6.02. The van der Waals surface area contributed by atoms with Crippen LogP contribution in [-0.4, -0.2) is 32.6 Å². The first-order valence-electron chi connectivity index (χ1n) is 8.79. The van der Waals surface area contributed by atoms with Gasteiger partial charge in [0.2, 0.25) is 11.8 Å². The molecule has 0 spiro atoms. The molecule has 0 heterocycles. The van der Waals surface area contributed by atoms with Gasteiger partial charge in [-0.25, -0.2) is 0 Å². The summed E-state index contributed by atoms with van der Waals surface area (Å²) in [7, 11) is 3.08. The molecule has 0 saturated carbocycles. The first-order valence-corrected chi connectivity index (χ1v) is 8.79. The maximum atomic E-state index is 12.6. The van der Waals surface area contributed by atoms with E-state index in [4.69, 9.17) is 9.47 Å². The minimum Gasteiger partial charge on any atom is -0.493 e. The van der Waals surface area contributed by atoms with Gasteiger partial charge in [-0.1, -0.05) is 25.1 Å². The number of amides is 2. The fraction of sp³-hybridized carbons (Fsp3) is 0.333. The van der Waals surface area contributed by atoms with E-state index in [0.29, 0.717) is 17.2 Å². The van der Waals surface area contributed by atoms with Crippen molar-refractivity contribution in [2.45, 2.75) is 27.2 Å². The van der Waals surface area contributed by atoms with Crippen LogP contribution in [-0.2, 0) is 16.0 Å². The SMILES string of the molecule is CCc1cccc(C)c1N(CC(=O)Nc1ccc(OC)c(OC)c1)C(C)=O. The predicted octanol–water partition coefficient (Wildman–Crippen LogP) is 3.57. The zero-order chi connectivity index (χ0) is 20.0. The van der Waals surface area contributed by atoms with Gasteiger partial charge in [0, 0.05) is 18.7 Å². The lowest BCUT2D eigenvalue weighted by molar-refractivity contribution is -0.120. The lowest BCUT2D eigenvalue weighted by atomic mass is 10.0. The maximum absolute atomic E-state index is 12.6. The van der Waals surface area contributed by atoms with Crippen LogP contribution in [0.5, 0.6) is 11.5 Å². The topological polar surface area (TPSA) is 67.9 Å². The number of rotatable bonds is 7. The monoisotopic (exact) mass is 370 g/mol. The Morgan fingerprint density at radius 2 is 1.78 bits per heavy atom. The van der Waals surface area contributed by atoms with E-state index < -0.39 is 0 Å². The van der Waals surface area contributed by atoms with Crippen LogP contribution in [0.3, 0.4) is 0 Å². The summed E-state index contributed by atoms with van der Waals surface area (Å²) >= 11 is 0. The summed E-state index contributed by atoms with van der Waals surface area (Å²) in [5.74, 6) is 0.628. The number of nitrogens with one attached hydrogen (secondary N) is 1. The van der Waals surface area contributed by atoms with Crippen LogP contribution in [0.25, 0.3) is 0 Å². The zero-order valence-corrected chi connectivity index (χ0v) is 16.5. The van der Waals surface area contributed by atoms with Gasteiger partial charge in [0.1, 0.15) is 6.54 Å². The van der Waals surface area contributed by atoms with Crippen LogP contribution in [0.4, 0.5) is 11.4 Å². The highest BCUT2D eigenvalue weighted by Gasteiger charge is 2.20. The quantitative estimate of drug-likeness (QED) is 0.809. The van der Waals surface area contributed by atoms with Gasteiger partial charge >= 0.3 is 0 Å². The highest BCUT2D eigenvalue weighted by Crippen LogP contribution is 2.30. The molecular weight excluding hydrogens is 344 g/mol. The van der Waals surface area contributed by atoms with Crippen molar-refractivity contribution < 1.29 is 19.1 Å². The van der Waals surface area contributed by atoms with E-state index in [2.05, 4.69) is 5.32 Å². The molecule has 2 aromatic rings. The Kier molecular flexibility index (Phi) is 6.82. The third-order valence-corrected chi connectivity index (χ3v) is 4.32. The summed E-state index contributed by atoms with van der Waals surface area (Å²) in [6.07, 6.45) is 0.776. The minimum absolute atomic E-state index is 0.0679. The summed E-state index contributed by atoms with van der Waals surface area (Å²) < 4.78 is 10.5. The van der Waals surface area contributed by atoms with Gasteiger partial charge in [-0.2, -0.15) is 0 Å². The van der Waals surface area contributed by atoms with Crippen molar-refractivity contribution in [1.29, 1.82) is 0 Å². The smallest absolute Gasteiger partial charge is 0.244 e. The van der Waals surface area contributed by atoms with Crippen molar-refractivity contribution in [1.82, 2.24) is 0 Å². The minimum atomic E-state index is -0.289. The van der Waals surface area contributed by atoms with Crippen molar-refractivity contribution in [3.63, 3.8) is 0 Å². The summed E-state index contributed by atoms with van der Waals surface area (Å²) in [4.78, 5) is 26.4. The van der Waals surface area contributed by atoms with E-state index in [1.807, 2.05) is 32.0 Å². The zero-order valence-electron chi connectivity index (χ0n) is 16.5. The molecular formula is C21H26N2O4. The Morgan fingerprint density at radius 3 is 2.37 bits per heavy atom. The number of anilines is 2. The molecule has 0 atom stereocenters. The van der Waals surface area contributed by atoms with Crippen LogP contribution < -0.4 is 19.7 Å². The second kappa shape index (κ2) is 9.07. The van der Waals surface area contributed by atoms with E-state index in [0.717, 1.165) is 23.2 Å². The first-order chi connectivity index (χ1) is 12.9. The number of hydrogen-bond acceptors (Lipinski definition) is 4. The van der Waals surface area contributed by atoms with Crippen LogP contribution in [0.15, 0.2) is 36.4 Å². The van der Waals surface area contributed by atoms with E-state index >= 15 is 0 Å². The van der Waals surface area contributed by atoms with E-state index in [1.165, 1.54) is 18.9 Å². The van der Waals surface area contributed by atoms with Gasteiger partial charge in [-0.3, -0.25) is 9.59 Å². The molecule has 0 aliphatic carbocycles. The molecule has 144 valence electrons. The molecule has 2 amide bonds. The molecule has 27 heavy (non-hydrogen) atoms. The van der Waals surface area contributed by atoms with Gasteiger partial charge < -0.3 is 19.7 Å². The second-order valence-corrected chi connectivity index (χ2v) is 6.16. The van der Waals surface area contributed by atoms with E-state index in [1.54, 1.807) is 25.3 Å². The van der Waals surface area contributed by atoms with Gasteiger partial charge in [-0.05, 0) is 36.6 Å². The van der Waals surface area contributed by atoms with Crippen molar-refractivity contribution in [3.05, 3.63) is 47.5 Å². The summed E-state index contributed by atoms with van der Waals surface area (Å²) in [6, 6.07) is 11.0. The molecule has 0 fully saturated rings. The lowest BCUT2D eigenvalue weighted by Gasteiger charge is -2.25. The number of carbonyl (C=O) groups is 2. The summed E-state index contributed by atoms with van der Waals surface area (Å²) in [6.45, 7) is 5.37. The number of aryl methyl sites for hydroxylation is 2. The molecule has 0 aliphatic rings. The molecule has 0 unspecified atom stereocenters. The van der Waals surface area contributed by atoms with Crippen LogP contribution in [0, 0.1) is 6.92 Å². The highest BCUT2D eigenvalue weighted by atomic mass is 16.5. The molecule has 6 heteroatoms. The Morgan fingerprint density at radius 1 is 1.07 bits per heavy atom. The first kappa shape index (κ1) is 20.3. The van der Waals surface area contributed by atoms with Crippen molar-refractivity contribution >= 4 is 23.2 Å². The molecule has 2 rings (SSSR count). The number of ether oxygens (including phenoxy) is 2. The van der Waals surface area contributed by atoms with Crippen molar-refractivity contribution in [3.8, 4) is 11.5 Å². The molecule has 0 radical (unpaired) electrons. The van der Waals surface area contributed by atoms with Crippen molar-refractivity contribution in [2.24, 2.45) is 0 Å². The number of benzene rings is 2. The largest absolute Gasteiger partial charge is 0.493 e. The fourth-order valence-corrected chi connectivity index (χ4v) is 3.00. The van der Waals surface area contributed by atoms with Gasteiger partial charge in [-0.15, -0.1) is 0 Å². The normalized spacial score (nSPS) is 10.3. The Hall–Kier alpha value is -3.02. The van der Waals surface area contributed by atoms with E-state index in [9.17, 15) is 9.59 Å². The molecule has 1 N–H and O–H groups in total. The molecule has 0 saturated heterocycles. The standard InChI is InChI=1S/C21H26N2O4/c1-6-16-9-7-8-14(2)21(16)23(15(3)24)13-20(25)22-17-10-11-18(26-4)19(12-17)27-5/h7-12H,6,13H2,1-5H3,(H,22,25). The van der Waals surface area contributed by atoms with Crippen LogP contribution >= 0.6 is 0 Å². The van der Waals surface area contributed by atoms with E-state index in [-0.39, 0.29) is 18.4 Å². The fourth-order valence-electron chi connectivity index (χ4n) is 3.00. The van der Waals surface area contributed by atoms with Gasteiger partial charge in [0.05, 0.1) is 19.9 Å². The van der Waals surface area contributed by atoms with Crippen LogP contribution in [0.2, 0.25) is 0 Å². The molecule has 0 aromatic heterocycles. The van der Waals surface area contributed by atoms with Gasteiger partial charge in [0.15, 0.2) is 11.5 Å². The Labute approximate surface area is 160 Å². The average Bonchev–Trinajstić information content (AvgIpc) is 2.65. The predicted molar refractivity (Wildman–Crippen MR) is 107 cm³/mol.